The van der Waals surface area contributed by atoms with Crippen LogP contribution in [0.4, 0.5) is 0 Å². The number of nitrogens with zero attached hydrogens (tertiary/aromatic N) is 4. The Hall–Kier alpha value is -2.62. The van der Waals surface area contributed by atoms with E-state index in [-0.39, 0.29) is 24.8 Å². The smallest absolute Gasteiger partial charge is 0.302 e. The van der Waals surface area contributed by atoms with Gasteiger partial charge in [-0.2, -0.15) is 4.98 Å². The molecule has 0 saturated carbocycles. The van der Waals surface area contributed by atoms with E-state index in [1.807, 2.05) is 0 Å². The minimum atomic E-state index is -2.99. The van der Waals surface area contributed by atoms with Crippen molar-refractivity contribution in [2.75, 3.05) is 26.6 Å². The molecule has 1 amide bonds. The van der Waals surface area contributed by atoms with Crippen LogP contribution in [0.2, 0.25) is 0 Å². The summed E-state index contributed by atoms with van der Waals surface area (Å²) >= 11 is 0. The molecule has 0 spiro atoms. The number of nitrogens with one attached hydrogen (secondary N) is 2. The van der Waals surface area contributed by atoms with Crippen LogP contribution < -0.4 is 10.1 Å². The van der Waals surface area contributed by atoms with Crippen LogP contribution in [0.3, 0.4) is 0 Å². The zero-order valence-corrected chi connectivity index (χ0v) is 12.8. The zero-order chi connectivity index (χ0) is 22.7. The number of piperidine rings is 1. The molecule has 0 radical (unpaired) electrons. The van der Waals surface area contributed by atoms with Crippen molar-refractivity contribution in [2.45, 2.75) is 19.4 Å². The molecule has 7 heteroatoms. The maximum atomic E-state index is 12.6. The van der Waals surface area contributed by atoms with Gasteiger partial charge in [-0.25, -0.2) is 11.6 Å². The number of hydrogen-bond acceptors (Lipinski definition) is 2. The first kappa shape index (κ1) is 8.87. The van der Waals surface area contributed by atoms with Gasteiger partial charge in [0, 0.05) is 14.1 Å². The largest absolute Gasteiger partial charge is 0.346 e. The van der Waals surface area contributed by atoms with E-state index in [1.165, 1.54) is 14.0 Å². The van der Waals surface area contributed by atoms with Crippen LogP contribution in [-0.2, 0) is 4.79 Å². The Kier molecular flexibility index (Phi) is 2.41. The molecule has 2 aromatic rings. The summed E-state index contributed by atoms with van der Waals surface area (Å²) < 4.78 is 59.4. The van der Waals surface area contributed by atoms with E-state index in [9.17, 15) is 4.79 Å². The van der Waals surface area contributed by atoms with Gasteiger partial charge in [-0.15, -0.1) is 0 Å². The molecule has 23 heavy (non-hydrogen) atoms. The Bertz CT molecular complexity index is 1130. The fourth-order valence-corrected chi connectivity index (χ4v) is 2.52. The molecule has 0 bridgehead atoms. The molecule has 2 atom stereocenters. The summed E-state index contributed by atoms with van der Waals surface area (Å²) in [6, 6.07) is -0.811. The standard InChI is InChI=1S/C16H20N6O/c1-11-5-7-22(14(23)8-17-2)9-13(11)21(3)16-12-4-6-18-15(12)19-10-20-16/h4,6,10-11,13H,5,7-9H2,1,3H3,(H,18,19,20)/p+1/t11-,13-/m1/s1/i8D2,9D2,10D,11D,13D. The lowest BCUT2D eigenvalue weighted by atomic mass is 9.93. The number of amides is 1. The predicted octanol–water partition coefficient (Wildman–Crippen LogP) is 0.449. The first-order chi connectivity index (χ1) is 13.7. The van der Waals surface area contributed by atoms with Crippen molar-refractivity contribution in [1.82, 2.24) is 24.4 Å². The molecule has 3 heterocycles. The molecule has 1 aliphatic rings. The Labute approximate surface area is 144 Å². The number of aromatic amines is 2. The van der Waals surface area contributed by atoms with E-state index in [1.54, 1.807) is 12.3 Å². The van der Waals surface area contributed by atoms with Gasteiger partial charge in [-0.1, -0.05) is 6.92 Å². The van der Waals surface area contributed by atoms with E-state index in [0.29, 0.717) is 15.9 Å². The topological polar surface area (TPSA) is 72.2 Å². The van der Waals surface area contributed by atoms with E-state index in [0.717, 1.165) is 4.58 Å². The van der Waals surface area contributed by atoms with E-state index >= 15 is 0 Å². The summed E-state index contributed by atoms with van der Waals surface area (Å²) in [5.41, 5.74) is 0.468. The quantitative estimate of drug-likeness (QED) is 0.623. The zero-order valence-electron chi connectivity index (χ0n) is 19.8. The van der Waals surface area contributed by atoms with E-state index < -0.39 is 30.8 Å². The van der Waals surface area contributed by atoms with Gasteiger partial charge in [-0.3, -0.25) is 9.37 Å². The normalized spacial score (nSPS) is 36.4. The number of likely N-dealkylation sites (tertiary alicyclic amines) is 1. The molecule has 1 fully saturated rings. The Morgan fingerprint density at radius 2 is 2.61 bits per heavy atom. The highest BCUT2D eigenvalue weighted by atomic mass is 16.2. The second-order valence-corrected chi connectivity index (χ2v) is 5.17. The van der Waals surface area contributed by atoms with Crippen LogP contribution in [0.25, 0.3) is 15.9 Å². The number of fused-ring (bicyclic) bond motifs is 1. The third-order valence-electron chi connectivity index (χ3n) is 3.75. The SMILES string of the molecule is [2H]c1nc2[nH]ccc2c(=[N+](C)[C@]2([2H])C([2H])([2H])N(C(=O)C([2H])([2H])[N+]#[C-])CC[C@@]2([2H])C)[nH]1. The third-order valence-corrected chi connectivity index (χ3v) is 3.75. The highest BCUT2D eigenvalue weighted by Gasteiger charge is 2.33. The number of likely N-dealkylation sites (N-methyl/N-ethyl adjacent to an activating group) is 1. The molecule has 2 aromatic heterocycles. The summed E-state index contributed by atoms with van der Waals surface area (Å²) in [6.07, 6.45) is 1.18. The maximum Gasteiger partial charge on any atom is 0.302 e. The van der Waals surface area contributed by atoms with Gasteiger partial charge in [0.25, 0.3) is 12.0 Å². The van der Waals surface area contributed by atoms with Crippen LogP contribution in [0.1, 0.15) is 22.9 Å². The molecule has 0 unspecified atom stereocenters. The van der Waals surface area contributed by atoms with Gasteiger partial charge in [0.15, 0.2) is 6.30 Å². The van der Waals surface area contributed by atoms with Crippen molar-refractivity contribution in [1.29, 1.82) is 0 Å². The van der Waals surface area contributed by atoms with Crippen molar-refractivity contribution in [2.24, 2.45) is 5.89 Å². The molecule has 120 valence electrons. The van der Waals surface area contributed by atoms with Gasteiger partial charge < -0.3 is 14.7 Å². The molecule has 7 nitrogen and oxygen atoms in total. The second kappa shape index (κ2) is 6.24. The maximum absolute atomic E-state index is 12.6. The van der Waals surface area contributed by atoms with Crippen molar-refractivity contribution in [3.05, 3.63) is 35.5 Å². The van der Waals surface area contributed by atoms with E-state index in [2.05, 4.69) is 19.8 Å². The first-order valence-electron chi connectivity index (χ1n) is 10.5. The minimum absolute atomic E-state index is 0.130. The predicted molar refractivity (Wildman–Crippen MR) is 87.3 cm³/mol. The lowest BCUT2D eigenvalue weighted by Gasteiger charge is -2.35. The van der Waals surface area contributed by atoms with Gasteiger partial charge in [0.05, 0.1) is 17.7 Å². The Morgan fingerprint density at radius 1 is 1.78 bits per heavy atom. The summed E-state index contributed by atoms with van der Waals surface area (Å²) in [5, 5.41) is 0.451. The van der Waals surface area contributed by atoms with Crippen molar-refractivity contribution in [3.63, 3.8) is 0 Å². The van der Waals surface area contributed by atoms with Gasteiger partial charge in [0.2, 0.25) is 0 Å². The van der Waals surface area contributed by atoms with E-state index in [4.69, 9.17) is 16.2 Å². The third kappa shape index (κ3) is 2.84. The molecule has 1 saturated heterocycles. The highest BCUT2D eigenvalue weighted by Crippen LogP contribution is 2.18. The fourth-order valence-electron chi connectivity index (χ4n) is 2.52. The molecule has 0 aromatic carbocycles. The van der Waals surface area contributed by atoms with Crippen LogP contribution in [0.5, 0.6) is 0 Å². The van der Waals surface area contributed by atoms with Crippen LogP contribution in [-0.4, -0.2) is 58.4 Å². The number of hydrogen-bond donors (Lipinski definition) is 2. The molecule has 3 rings (SSSR count). The highest BCUT2D eigenvalue weighted by molar-refractivity contribution is 5.79. The van der Waals surface area contributed by atoms with Gasteiger partial charge >= 0.3 is 5.91 Å². The molecule has 2 N–H and O–H groups in total. The van der Waals surface area contributed by atoms with Crippen LogP contribution >= 0.6 is 0 Å². The number of rotatable bonds is 2. The number of carbonyl (C=O) groups excluding carboxylic acids is 1. The molecular formula is C16H21N6O+. The summed E-state index contributed by atoms with van der Waals surface area (Å²) in [7, 11) is 1.37. The summed E-state index contributed by atoms with van der Waals surface area (Å²) in [4.78, 5) is 25.3. The summed E-state index contributed by atoms with van der Waals surface area (Å²) in [5.74, 6) is -3.14. The molecule has 1 aliphatic heterocycles. The number of aromatic nitrogens is 3. The lowest BCUT2D eigenvalue weighted by molar-refractivity contribution is -0.131. The average Bonchev–Trinajstić information content (AvgIpc) is 3.12. The molecular weight excluding hydrogens is 292 g/mol. The second-order valence-electron chi connectivity index (χ2n) is 5.17. The van der Waals surface area contributed by atoms with Crippen molar-refractivity contribution < 1.29 is 14.4 Å². The monoisotopic (exact) mass is 320 g/mol. The van der Waals surface area contributed by atoms with Crippen molar-refractivity contribution >= 4 is 16.9 Å². The summed E-state index contributed by atoms with van der Waals surface area (Å²) in [6.45, 7) is 2.13. The van der Waals surface area contributed by atoms with Gasteiger partial charge in [0.1, 0.15) is 21.2 Å². The number of carbonyl (C=O) groups is 1. The number of H-pyrrole nitrogens is 2. The molecule has 0 aliphatic carbocycles. The fraction of sp³-hybridized carbons (Fsp3) is 0.500. The van der Waals surface area contributed by atoms with Crippen LogP contribution in [0.15, 0.2) is 18.6 Å². The first-order valence-corrected chi connectivity index (χ1v) is 7.02. The van der Waals surface area contributed by atoms with Gasteiger partial charge in [-0.05, 0) is 18.4 Å². The van der Waals surface area contributed by atoms with Crippen LogP contribution in [0, 0.1) is 12.5 Å². The Morgan fingerprint density at radius 3 is 3.39 bits per heavy atom. The van der Waals surface area contributed by atoms with Crippen molar-refractivity contribution in [3.8, 4) is 0 Å². The lowest BCUT2D eigenvalue weighted by Crippen LogP contribution is -2.54. The minimum Gasteiger partial charge on any atom is -0.346 e. The Balaban J connectivity index is 2.33. The average molecular weight is 320 g/mol.